The summed E-state index contributed by atoms with van der Waals surface area (Å²) in [4.78, 5) is 2.52. The van der Waals surface area contributed by atoms with Gasteiger partial charge in [-0.2, -0.15) is 0 Å². The van der Waals surface area contributed by atoms with Crippen molar-refractivity contribution in [2.24, 2.45) is 0 Å². The van der Waals surface area contributed by atoms with Gasteiger partial charge in [-0.25, -0.2) is 10.0 Å². The molecular weight excluding hydrogens is 142 g/mol. The molecule has 62 valence electrons. The summed E-state index contributed by atoms with van der Waals surface area (Å²) in [5.41, 5.74) is 0. The fourth-order valence-electron chi connectivity index (χ4n) is 1.79. The molecule has 0 bridgehead atoms. The maximum Gasteiger partial charge on any atom is 0.0286 e. The van der Waals surface area contributed by atoms with Crippen molar-refractivity contribution < 1.29 is 0 Å². The Labute approximate surface area is 66.1 Å². The zero-order valence-corrected chi connectivity index (χ0v) is 8.37. The van der Waals surface area contributed by atoms with Crippen molar-refractivity contribution in [1.82, 2.24) is 4.90 Å². The monoisotopic (exact) mass is 161 g/mol. The van der Waals surface area contributed by atoms with Crippen LogP contribution < -0.4 is 0 Å². The standard InChI is InChI=1S/C8H19NS/c1-5-8-6-10(3,4)7-9(8)2/h8H,5-7H2,1-4H3. The number of nitrogens with zero attached hydrogens (tertiary/aromatic N) is 1. The maximum atomic E-state index is 2.52. The van der Waals surface area contributed by atoms with Crippen molar-refractivity contribution in [3.05, 3.63) is 0 Å². The fourth-order valence-corrected chi connectivity index (χ4v) is 4.74. The van der Waals surface area contributed by atoms with E-state index in [4.69, 9.17) is 0 Å². The molecule has 1 atom stereocenters. The first-order valence-electron chi connectivity index (χ1n) is 3.94. The van der Waals surface area contributed by atoms with Gasteiger partial charge in [0.15, 0.2) is 0 Å². The van der Waals surface area contributed by atoms with E-state index in [2.05, 4.69) is 31.4 Å². The molecular formula is C8H19NS. The highest BCUT2D eigenvalue weighted by molar-refractivity contribution is 8.32. The van der Waals surface area contributed by atoms with E-state index in [9.17, 15) is 0 Å². The van der Waals surface area contributed by atoms with Crippen LogP contribution in [-0.4, -0.2) is 42.1 Å². The molecule has 0 N–H and O–H groups in total. The molecule has 1 nitrogen and oxygen atoms in total. The Morgan fingerprint density at radius 2 is 2.10 bits per heavy atom. The second-order valence-electron chi connectivity index (χ2n) is 3.88. The van der Waals surface area contributed by atoms with Crippen LogP contribution in [0.5, 0.6) is 0 Å². The van der Waals surface area contributed by atoms with Crippen LogP contribution in [0.2, 0.25) is 0 Å². The topological polar surface area (TPSA) is 3.24 Å². The van der Waals surface area contributed by atoms with E-state index in [1.807, 2.05) is 0 Å². The Morgan fingerprint density at radius 1 is 1.50 bits per heavy atom. The predicted octanol–water partition coefficient (Wildman–Crippen LogP) is 1.73. The summed E-state index contributed by atoms with van der Waals surface area (Å²) < 4.78 is 0. The van der Waals surface area contributed by atoms with E-state index >= 15 is 0 Å². The smallest absolute Gasteiger partial charge is 0.0286 e. The van der Waals surface area contributed by atoms with Crippen molar-refractivity contribution >= 4 is 10.0 Å². The summed E-state index contributed by atoms with van der Waals surface area (Å²) in [6, 6.07) is 0.880. The minimum atomic E-state index is -0.231. The number of hydrogen-bond donors (Lipinski definition) is 0. The Morgan fingerprint density at radius 3 is 2.30 bits per heavy atom. The molecule has 1 fully saturated rings. The molecule has 0 aromatic heterocycles. The first kappa shape index (κ1) is 8.41. The number of rotatable bonds is 1. The van der Waals surface area contributed by atoms with E-state index in [0.29, 0.717) is 0 Å². The summed E-state index contributed by atoms with van der Waals surface area (Å²) in [6.07, 6.45) is 6.21. The molecule has 1 rings (SSSR count). The van der Waals surface area contributed by atoms with Crippen LogP contribution in [0, 0.1) is 0 Å². The van der Waals surface area contributed by atoms with Gasteiger partial charge >= 0.3 is 0 Å². The van der Waals surface area contributed by atoms with Crippen LogP contribution in [0.1, 0.15) is 13.3 Å². The van der Waals surface area contributed by atoms with Gasteiger partial charge in [-0.1, -0.05) is 6.92 Å². The highest BCUT2D eigenvalue weighted by Crippen LogP contribution is 2.47. The molecule has 0 radical (unpaired) electrons. The lowest BCUT2D eigenvalue weighted by Gasteiger charge is -2.23. The van der Waals surface area contributed by atoms with Crippen molar-refractivity contribution in [2.75, 3.05) is 31.2 Å². The van der Waals surface area contributed by atoms with Crippen LogP contribution in [0.25, 0.3) is 0 Å². The fraction of sp³-hybridized carbons (Fsp3) is 1.00. The molecule has 0 aliphatic carbocycles. The summed E-state index contributed by atoms with van der Waals surface area (Å²) in [7, 11) is 2.03. The van der Waals surface area contributed by atoms with E-state index in [1.54, 1.807) is 0 Å². The minimum Gasteiger partial charge on any atom is -0.295 e. The summed E-state index contributed by atoms with van der Waals surface area (Å²) >= 11 is 0. The van der Waals surface area contributed by atoms with Crippen molar-refractivity contribution in [1.29, 1.82) is 0 Å². The average Bonchev–Trinajstić information content (AvgIpc) is 2.05. The third-order valence-corrected chi connectivity index (χ3v) is 4.68. The summed E-state index contributed by atoms with van der Waals surface area (Å²) in [5.74, 6) is 2.81. The Balaban J connectivity index is 2.52. The molecule has 0 saturated carbocycles. The van der Waals surface area contributed by atoms with Gasteiger partial charge in [-0.15, -0.1) is 0 Å². The van der Waals surface area contributed by atoms with Crippen molar-refractivity contribution in [3.8, 4) is 0 Å². The van der Waals surface area contributed by atoms with Crippen molar-refractivity contribution in [2.45, 2.75) is 19.4 Å². The van der Waals surface area contributed by atoms with Gasteiger partial charge in [0.25, 0.3) is 0 Å². The molecule has 0 aromatic rings. The Hall–Kier alpha value is 0.310. The second kappa shape index (κ2) is 2.74. The Bertz CT molecular complexity index is 122. The van der Waals surface area contributed by atoms with Gasteiger partial charge in [0.05, 0.1) is 0 Å². The summed E-state index contributed by atoms with van der Waals surface area (Å²) in [6.45, 7) is 2.29. The molecule has 1 heterocycles. The van der Waals surface area contributed by atoms with Crippen LogP contribution in [0.4, 0.5) is 0 Å². The summed E-state index contributed by atoms with van der Waals surface area (Å²) in [5, 5.41) is 0. The van der Waals surface area contributed by atoms with E-state index in [-0.39, 0.29) is 10.0 Å². The largest absolute Gasteiger partial charge is 0.295 e. The normalized spacial score (nSPS) is 36.2. The van der Waals surface area contributed by atoms with Gasteiger partial charge in [-0.05, 0) is 31.7 Å². The van der Waals surface area contributed by atoms with E-state index in [1.165, 1.54) is 18.1 Å². The zero-order chi connectivity index (χ0) is 7.78. The van der Waals surface area contributed by atoms with Gasteiger partial charge in [0, 0.05) is 11.9 Å². The SMILES string of the molecule is CCC1CS(C)(C)CN1C. The predicted molar refractivity (Wildman–Crippen MR) is 51.0 cm³/mol. The lowest BCUT2D eigenvalue weighted by atomic mass is 10.2. The molecule has 2 heteroatoms. The van der Waals surface area contributed by atoms with Crippen LogP contribution in [0.15, 0.2) is 0 Å². The van der Waals surface area contributed by atoms with E-state index < -0.39 is 0 Å². The maximum absolute atomic E-state index is 2.52. The van der Waals surface area contributed by atoms with Gasteiger partial charge in [-0.3, -0.25) is 4.90 Å². The molecule has 1 aliphatic rings. The average molecular weight is 161 g/mol. The lowest BCUT2D eigenvalue weighted by molar-refractivity contribution is 0.316. The molecule has 1 saturated heterocycles. The number of hydrogen-bond acceptors (Lipinski definition) is 1. The van der Waals surface area contributed by atoms with Crippen LogP contribution in [-0.2, 0) is 0 Å². The molecule has 0 aromatic carbocycles. The van der Waals surface area contributed by atoms with Gasteiger partial charge in [0.1, 0.15) is 0 Å². The first-order valence-corrected chi connectivity index (χ1v) is 6.73. The molecule has 10 heavy (non-hydrogen) atoms. The molecule has 0 spiro atoms. The van der Waals surface area contributed by atoms with Gasteiger partial charge < -0.3 is 0 Å². The van der Waals surface area contributed by atoms with Crippen molar-refractivity contribution in [3.63, 3.8) is 0 Å². The molecule has 0 amide bonds. The third-order valence-electron chi connectivity index (χ3n) is 2.29. The van der Waals surface area contributed by atoms with Crippen LogP contribution >= 0.6 is 10.0 Å². The first-order chi connectivity index (χ1) is 4.55. The second-order valence-corrected chi connectivity index (χ2v) is 8.01. The van der Waals surface area contributed by atoms with E-state index in [0.717, 1.165) is 6.04 Å². The van der Waals surface area contributed by atoms with Crippen LogP contribution in [0.3, 0.4) is 0 Å². The highest BCUT2D eigenvalue weighted by atomic mass is 32.3. The highest BCUT2D eigenvalue weighted by Gasteiger charge is 2.29. The minimum absolute atomic E-state index is 0.231. The zero-order valence-electron chi connectivity index (χ0n) is 7.55. The quantitative estimate of drug-likeness (QED) is 0.566. The molecule has 1 unspecified atom stereocenters. The lowest BCUT2D eigenvalue weighted by Crippen LogP contribution is -2.25. The van der Waals surface area contributed by atoms with Gasteiger partial charge in [0.2, 0.25) is 0 Å². The molecule has 1 aliphatic heterocycles. The third kappa shape index (κ3) is 1.67. The Kier molecular flexibility index (Phi) is 2.31.